The molecule has 4 aromatic rings. The molecule has 6 heteroatoms. The molecule has 2 N–H and O–H groups in total. The van der Waals surface area contributed by atoms with Gasteiger partial charge in [-0.05, 0) is 54.1 Å². The van der Waals surface area contributed by atoms with Gasteiger partial charge in [0.25, 0.3) is 5.56 Å². The summed E-state index contributed by atoms with van der Waals surface area (Å²) in [4.78, 5) is 17.0. The summed E-state index contributed by atoms with van der Waals surface area (Å²) in [5.74, 6) is 7.12. The first kappa shape index (κ1) is 17.3. The molecule has 1 heterocycles. The highest BCUT2D eigenvalue weighted by atomic mass is 79.9. The zero-order chi connectivity index (χ0) is 18.8. The van der Waals surface area contributed by atoms with Crippen LogP contribution in [-0.2, 0) is 6.61 Å². The number of rotatable bonds is 4. The van der Waals surface area contributed by atoms with Gasteiger partial charge in [-0.3, -0.25) is 4.79 Å². The number of nitrogens with two attached hydrogens (primary N) is 1. The van der Waals surface area contributed by atoms with Gasteiger partial charge in [0.05, 0.1) is 10.9 Å². The van der Waals surface area contributed by atoms with E-state index in [1.54, 1.807) is 18.2 Å². The molecule has 0 atom stereocenters. The molecule has 0 aliphatic heterocycles. The summed E-state index contributed by atoms with van der Waals surface area (Å²) in [7, 11) is 0. The van der Waals surface area contributed by atoms with Crippen molar-refractivity contribution in [3.8, 4) is 17.1 Å². The lowest BCUT2D eigenvalue weighted by Gasteiger charge is -2.10. The molecule has 1 aromatic heterocycles. The minimum atomic E-state index is -0.272. The van der Waals surface area contributed by atoms with Crippen LogP contribution in [0.4, 0.5) is 0 Å². The molecule has 0 saturated carbocycles. The lowest BCUT2D eigenvalue weighted by atomic mass is 10.2. The third-order valence-corrected chi connectivity index (χ3v) is 4.77. The van der Waals surface area contributed by atoms with Crippen molar-refractivity contribution >= 4 is 26.8 Å². The minimum Gasteiger partial charge on any atom is -0.489 e. The average molecular weight is 422 g/mol. The number of para-hydroxylation sites is 1. The molecule has 0 bridgehead atoms. The van der Waals surface area contributed by atoms with E-state index in [1.807, 2.05) is 54.6 Å². The van der Waals surface area contributed by atoms with Crippen molar-refractivity contribution < 1.29 is 4.74 Å². The molecule has 0 aliphatic rings. The maximum Gasteiger partial charge on any atom is 0.280 e. The fourth-order valence-corrected chi connectivity index (χ4v) is 3.06. The maximum atomic E-state index is 12.4. The molecule has 27 heavy (non-hydrogen) atoms. The van der Waals surface area contributed by atoms with Gasteiger partial charge in [0, 0.05) is 10.0 Å². The quantitative estimate of drug-likeness (QED) is 0.503. The van der Waals surface area contributed by atoms with Gasteiger partial charge < -0.3 is 10.6 Å². The Hall–Kier alpha value is -3.12. The molecule has 0 spiro atoms. The Morgan fingerprint density at radius 3 is 2.41 bits per heavy atom. The molecule has 0 amide bonds. The molecule has 0 aliphatic carbocycles. The van der Waals surface area contributed by atoms with Crippen LogP contribution in [0.25, 0.3) is 22.3 Å². The molecule has 0 unspecified atom stereocenters. The summed E-state index contributed by atoms with van der Waals surface area (Å²) in [6.45, 7) is 0.475. The Labute approximate surface area is 164 Å². The first-order chi connectivity index (χ1) is 13.1. The second-order valence-electron chi connectivity index (χ2n) is 6.07. The SMILES string of the molecule is Nn1c(-c2ccc(OCc3ccc(Br)cc3)cc2)nc2ccccc2c1=O. The van der Waals surface area contributed by atoms with Crippen molar-refractivity contribution in [1.29, 1.82) is 0 Å². The zero-order valence-electron chi connectivity index (χ0n) is 14.3. The molecule has 134 valence electrons. The Balaban J connectivity index is 1.59. The van der Waals surface area contributed by atoms with Crippen molar-refractivity contribution in [3.63, 3.8) is 0 Å². The Bertz CT molecular complexity index is 1150. The fourth-order valence-electron chi connectivity index (χ4n) is 2.80. The summed E-state index contributed by atoms with van der Waals surface area (Å²) >= 11 is 3.42. The van der Waals surface area contributed by atoms with Crippen molar-refractivity contribution in [2.45, 2.75) is 6.61 Å². The smallest absolute Gasteiger partial charge is 0.280 e. The van der Waals surface area contributed by atoms with Crippen LogP contribution < -0.4 is 16.1 Å². The number of nitrogen functional groups attached to an aromatic ring is 1. The Kier molecular flexibility index (Phi) is 4.64. The Morgan fingerprint density at radius 1 is 0.963 bits per heavy atom. The van der Waals surface area contributed by atoms with Crippen molar-refractivity contribution in [2.24, 2.45) is 0 Å². The highest BCUT2D eigenvalue weighted by Gasteiger charge is 2.10. The van der Waals surface area contributed by atoms with Crippen LogP contribution in [0.2, 0.25) is 0 Å². The first-order valence-corrected chi connectivity index (χ1v) is 9.16. The number of hydrogen-bond acceptors (Lipinski definition) is 4. The second-order valence-corrected chi connectivity index (χ2v) is 6.98. The largest absolute Gasteiger partial charge is 0.489 e. The standard InChI is InChI=1S/C21H16BrN3O2/c22-16-9-5-14(6-10-16)13-27-17-11-7-15(8-12-17)20-24-19-4-2-1-3-18(19)21(26)25(20)23/h1-12H,13,23H2. The van der Waals surface area contributed by atoms with Crippen LogP contribution in [0.15, 0.2) is 82.1 Å². The van der Waals surface area contributed by atoms with Gasteiger partial charge in [-0.2, -0.15) is 0 Å². The van der Waals surface area contributed by atoms with Crippen molar-refractivity contribution in [3.05, 3.63) is 93.2 Å². The van der Waals surface area contributed by atoms with E-state index >= 15 is 0 Å². The number of fused-ring (bicyclic) bond motifs is 1. The van der Waals surface area contributed by atoms with Crippen LogP contribution in [0.5, 0.6) is 5.75 Å². The van der Waals surface area contributed by atoms with Crippen molar-refractivity contribution in [2.75, 3.05) is 5.84 Å². The van der Waals surface area contributed by atoms with E-state index in [0.29, 0.717) is 23.3 Å². The van der Waals surface area contributed by atoms with Crippen LogP contribution in [0.3, 0.4) is 0 Å². The molecule has 5 nitrogen and oxygen atoms in total. The highest BCUT2D eigenvalue weighted by molar-refractivity contribution is 9.10. The van der Waals surface area contributed by atoms with Crippen LogP contribution in [-0.4, -0.2) is 9.66 Å². The first-order valence-electron chi connectivity index (χ1n) is 8.36. The number of aromatic nitrogens is 2. The minimum absolute atomic E-state index is 0.272. The van der Waals surface area contributed by atoms with Crippen LogP contribution >= 0.6 is 15.9 Å². The molecule has 4 rings (SSSR count). The van der Waals surface area contributed by atoms with E-state index in [9.17, 15) is 4.79 Å². The highest BCUT2D eigenvalue weighted by Crippen LogP contribution is 2.22. The summed E-state index contributed by atoms with van der Waals surface area (Å²) in [5.41, 5.74) is 2.17. The van der Waals surface area contributed by atoms with Crippen LogP contribution in [0.1, 0.15) is 5.56 Å². The Morgan fingerprint density at radius 2 is 1.67 bits per heavy atom. The number of halogens is 1. The normalized spacial score (nSPS) is 10.9. The van der Waals surface area contributed by atoms with Crippen LogP contribution in [0, 0.1) is 0 Å². The molecule has 0 saturated heterocycles. The van der Waals surface area contributed by atoms with Gasteiger partial charge in [-0.1, -0.05) is 40.2 Å². The molecule has 0 fully saturated rings. The van der Waals surface area contributed by atoms with Gasteiger partial charge >= 0.3 is 0 Å². The summed E-state index contributed by atoms with van der Waals surface area (Å²) in [5, 5.41) is 0.498. The molecular weight excluding hydrogens is 406 g/mol. The predicted octanol–water partition coefficient (Wildman–Crippen LogP) is 4.12. The van der Waals surface area contributed by atoms with E-state index < -0.39 is 0 Å². The molecular formula is C21H16BrN3O2. The van der Waals surface area contributed by atoms with Gasteiger partial charge in [0.15, 0.2) is 5.82 Å². The lowest BCUT2D eigenvalue weighted by molar-refractivity contribution is 0.306. The number of ether oxygens (including phenoxy) is 1. The zero-order valence-corrected chi connectivity index (χ0v) is 15.9. The number of nitrogens with zero attached hydrogens (tertiary/aromatic N) is 2. The monoisotopic (exact) mass is 421 g/mol. The fraction of sp³-hybridized carbons (Fsp3) is 0.0476. The van der Waals surface area contributed by atoms with E-state index in [1.165, 1.54) is 0 Å². The third kappa shape index (κ3) is 3.57. The van der Waals surface area contributed by atoms with Gasteiger partial charge in [0.1, 0.15) is 12.4 Å². The topological polar surface area (TPSA) is 70.1 Å². The van der Waals surface area contributed by atoms with E-state index in [0.717, 1.165) is 26.0 Å². The van der Waals surface area contributed by atoms with E-state index in [4.69, 9.17) is 10.6 Å². The molecule has 3 aromatic carbocycles. The van der Waals surface area contributed by atoms with E-state index in [-0.39, 0.29) is 5.56 Å². The van der Waals surface area contributed by atoms with Gasteiger partial charge in [-0.25, -0.2) is 9.66 Å². The predicted molar refractivity (Wildman–Crippen MR) is 110 cm³/mol. The summed E-state index contributed by atoms with van der Waals surface area (Å²) in [6, 6.07) is 22.5. The van der Waals surface area contributed by atoms with Crippen molar-refractivity contribution in [1.82, 2.24) is 9.66 Å². The molecule has 0 radical (unpaired) electrons. The number of benzene rings is 3. The van der Waals surface area contributed by atoms with Gasteiger partial charge in [0.2, 0.25) is 0 Å². The second kappa shape index (κ2) is 7.25. The summed E-state index contributed by atoms with van der Waals surface area (Å²) < 4.78 is 7.93. The van der Waals surface area contributed by atoms with E-state index in [2.05, 4.69) is 20.9 Å². The third-order valence-electron chi connectivity index (χ3n) is 4.24. The maximum absolute atomic E-state index is 12.4. The lowest BCUT2D eigenvalue weighted by Crippen LogP contribution is -2.29. The number of hydrogen-bond donors (Lipinski definition) is 1. The average Bonchev–Trinajstić information content (AvgIpc) is 2.71. The van der Waals surface area contributed by atoms with Gasteiger partial charge in [-0.15, -0.1) is 0 Å². The summed E-state index contributed by atoms with van der Waals surface area (Å²) in [6.07, 6.45) is 0.